The Kier molecular flexibility index (Phi) is 8.46. The van der Waals surface area contributed by atoms with Crippen LogP contribution in [0.2, 0.25) is 0 Å². The van der Waals surface area contributed by atoms with Gasteiger partial charge in [-0.2, -0.15) is 9.78 Å². The van der Waals surface area contributed by atoms with Crippen LogP contribution in [-0.2, 0) is 0 Å². The summed E-state index contributed by atoms with van der Waals surface area (Å²) in [6.07, 6.45) is 1.41. The van der Waals surface area contributed by atoms with Crippen LogP contribution in [-0.4, -0.2) is 50.0 Å². The first-order valence-corrected chi connectivity index (χ1v) is 14.9. The second-order valence-corrected chi connectivity index (χ2v) is 11.3. The van der Waals surface area contributed by atoms with Gasteiger partial charge in [0.05, 0.1) is 48.5 Å². The van der Waals surface area contributed by atoms with Crippen LogP contribution in [0.1, 0.15) is 15.9 Å². The standard InChI is InChI=1S/C32H23Br2N3O8/c1-40-26-12-18(13-27(41-2)29(26)42-3)30-36-23-7-5-4-6-21(23)31(38)37(30)35-15-19-10-20(33)14-22(34)28(19)45-32(39)17-8-9-24-25(11-17)44-16-43-24/h4-15H,16H2,1-3H3. The molecular weight excluding hydrogens is 714 g/mol. The van der Waals surface area contributed by atoms with Crippen LogP contribution < -0.4 is 34.0 Å². The number of ether oxygens (including phenoxy) is 6. The lowest BCUT2D eigenvalue weighted by atomic mass is 10.1. The van der Waals surface area contributed by atoms with Crippen molar-refractivity contribution in [2.75, 3.05) is 28.1 Å². The molecule has 0 spiro atoms. The molecule has 1 aliphatic rings. The Hall–Kier alpha value is -4.88. The van der Waals surface area contributed by atoms with Crippen LogP contribution in [0.15, 0.2) is 85.6 Å². The molecule has 1 aliphatic heterocycles. The van der Waals surface area contributed by atoms with Crippen LogP contribution in [0.25, 0.3) is 22.3 Å². The predicted molar refractivity (Wildman–Crippen MR) is 173 cm³/mol. The zero-order chi connectivity index (χ0) is 31.7. The molecule has 0 radical (unpaired) electrons. The van der Waals surface area contributed by atoms with Gasteiger partial charge in [0, 0.05) is 15.6 Å². The number of para-hydroxylation sites is 1. The fourth-order valence-electron chi connectivity index (χ4n) is 4.71. The predicted octanol–water partition coefficient (Wildman–Crippen LogP) is 6.44. The Balaban J connectivity index is 1.47. The van der Waals surface area contributed by atoms with E-state index in [1.807, 2.05) is 0 Å². The molecule has 0 atom stereocenters. The maximum absolute atomic E-state index is 13.8. The topological polar surface area (TPSA) is 120 Å². The van der Waals surface area contributed by atoms with E-state index in [0.717, 1.165) is 0 Å². The summed E-state index contributed by atoms with van der Waals surface area (Å²) in [5.74, 6) is 1.88. The molecule has 0 saturated carbocycles. The Morgan fingerprint density at radius 1 is 0.911 bits per heavy atom. The molecule has 228 valence electrons. The number of fused-ring (bicyclic) bond motifs is 2. The van der Waals surface area contributed by atoms with Crippen LogP contribution in [0.5, 0.6) is 34.5 Å². The molecule has 6 rings (SSSR count). The SMILES string of the molecule is COc1cc(-c2nc3ccccc3c(=O)n2N=Cc2cc(Br)cc(Br)c2OC(=O)c2ccc3c(c2)OCO3)cc(OC)c1OC. The number of hydrogen-bond acceptors (Lipinski definition) is 10. The fourth-order valence-corrected chi connectivity index (χ4v) is 6.05. The van der Waals surface area contributed by atoms with E-state index < -0.39 is 11.5 Å². The number of benzene rings is 4. The van der Waals surface area contributed by atoms with Gasteiger partial charge in [-0.3, -0.25) is 4.79 Å². The molecule has 1 aromatic heterocycles. The highest BCUT2D eigenvalue weighted by Gasteiger charge is 2.21. The quantitative estimate of drug-likeness (QED) is 0.101. The summed E-state index contributed by atoms with van der Waals surface area (Å²) in [6.45, 7) is 0.0772. The maximum Gasteiger partial charge on any atom is 0.343 e. The molecule has 0 fully saturated rings. The zero-order valence-corrected chi connectivity index (χ0v) is 27.2. The van der Waals surface area contributed by atoms with Gasteiger partial charge in [-0.05, 0) is 70.5 Å². The van der Waals surface area contributed by atoms with E-state index in [1.54, 1.807) is 66.7 Å². The number of carbonyl (C=O) groups excluding carboxylic acids is 1. The highest BCUT2D eigenvalue weighted by atomic mass is 79.9. The average molecular weight is 737 g/mol. The van der Waals surface area contributed by atoms with Gasteiger partial charge in [-0.1, -0.05) is 28.1 Å². The third kappa shape index (κ3) is 5.83. The molecule has 5 aromatic rings. The van der Waals surface area contributed by atoms with Gasteiger partial charge in [0.15, 0.2) is 34.6 Å². The van der Waals surface area contributed by atoms with Crippen molar-refractivity contribution >= 4 is 54.9 Å². The van der Waals surface area contributed by atoms with Crippen molar-refractivity contribution in [3.05, 3.63) is 97.2 Å². The number of nitrogens with zero attached hydrogens (tertiary/aromatic N) is 3. The molecule has 2 heterocycles. The third-order valence-corrected chi connectivity index (χ3v) is 7.88. The normalized spacial score (nSPS) is 12.0. The van der Waals surface area contributed by atoms with Gasteiger partial charge in [-0.15, -0.1) is 0 Å². The minimum absolute atomic E-state index is 0.0772. The van der Waals surface area contributed by atoms with Crippen LogP contribution >= 0.6 is 31.9 Å². The highest BCUT2D eigenvalue weighted by Crippen LogP contribution is 2.41. The Morgan fingerprint density at radius 2 is 1.64 bits per heavy atom. The van der Waals surface area contributed by atoms with Gasteiger partial charge in [0.1, 0.15) is 0 Å². The summed E-state index contributed by atoms with van der Waals surface area (Å²) >= 11 is 6.96. The Bertz CT molecular complexity index is 2040. The first kappa shape index (κ1) is 30.2. The first-order valence-electron chi connectivity index (χ1n) is 13.3. The van der Waals surface area contributed by atoms with Gasteiger partial charge >= 0.3 is 5.97 Å². The van der Waals surface area contributed by atoms with E-state index in [-0.39, 0.29) is 23.9 Å². The van der Waals surface area contributed by atoms with Crippen LogP contribution in [0.3, 0.4) is 0 Å². The van der Waals surface area contributed by atoms with Crippen molar-refractivity contribution in [3.63, 3.8) is 0 Å². The molecule has 0 saturated heterocycles. The summed E-state index contributed by atoms with van der Waals surface area (Å²) in [7, 11) is 4.50. The number of hydrogen-bond donors (Lipinski definition) is 0. The number of halogens is 2. The minimum atomic E-state index is -0.631. The number of methoxy groups -OCH3 is 3. The molecule has 45 heavy (non-hydrogen) atoms. The van der Waals surface area contributed by atoms with Crippen molar-refractivity contribution in [2.45, 2.75) is 0 Å². The van der Waals surface area contributed by atoms with E-state index in [4.69, 9.17) is 33.4 Å². The molecular formula is C32H23Br2N3O8. The fraction of sp³-hybridized carbons (Fsp3) is 0.125. The van der Waals surface area contributed by atoms with Crippen molar-refractivity contribution in [1.82, 2.24) is 9.66 Å². The van der Waals surface area contributed by atoms with E-state index in [2.05, 4.69) is 37.0 Å². The molecule has 0 aliphatic carbocycles. The lowest BCUT2D eigenvalue weighted by molar-refractivity contribution is 0.0732. The smallest absolute Gasteiger partial charge is 0.343 e. The number of aromatic nitrogens is 2. The molecule has 0 N–H and O–H groups in total. The van der Waals surface area contributed by atoms with Gasteiger partial charge in [-0.25, -0.2) is 9.78 Å². The van der Waals surface area contributed by atoms with Crippen LogP contribution in [0, 0.1) is 0 Å². The second kappa shape index (κ2) is 12.6. The molecule has 4 aromatic carbocycles. The number of carbonyl (C=O) groups is 1. The number of esters is 1. The minimum Gasteiger partial charge on any atom is -0.493 e. The summed E-state index contributed by atoms with van der Waals surface area (Å²) in [6, 6.07) is 18.5. The average Bonchev–Trinajstić information content (AvgIpc) is 3.53. The Morgan fingerprint density at radius 3 is 2.38 bits per heavy atom. The largest absolute Gasteiger partial charge is 0.493 e. The van der Waals surface area contributed by atoms with Crippen molar-refractivity contribution < 1.29 is 33.2 Å². The maximum atomic E-state index is 13.8. The lowest BCUT2D eigenvalue weighted by Crippen LogP contribution is -2.20. The summed E-state index contributed by atoms with van der Waals surface area (Å²) in [5, 5.41) is 4.92. The Labute approximate surface area is 273 Å². The van der Waals surface area contributed by atoms with Gasteiger partial charge < -0.3 is 28.4 Å². The first-order chi connectivity index (χ1) is 21.8. The van der Waals surface area contributed by atoms with Crippen molar-refractivity contribution in [3.8, 4) is 45.9 Å². The van der Waals surface area contributed by atoms with E-state index in [0.29, 0.717) is 59.7 Å². The zero-order valence-electron chi connectivity index (χ0n) is 24.0. The van der Waals surface area contributed by atoms with E-state index in [9.17, 15) is 9.59 Å². The highest BCUT2D eigenvalue weighted by molar-refractivity contribution is 9.11. The van der Waals surface area contributed by atoms with Gasteiger partial charge in [0.25, 0.3) is 5.56 Å². The number of rotatable bonds is 8. The molecule has 0 bridgehead atoms. The lowest BCUT2D eigenvalue weighted by Gasteiger charge is -2.15. The van der Waals surface area contributed by atoms with Crippen LogP contribution in [0.4, 0.5) is 0 Å². The van der Waals surface area contributed by atoms with E-state index >= 15 is 0 Å². The second-order valence-electron chi connectivity index (χ2n) is 9.49. The molecule has 0 amide bonds. The van der Waals surface area contributed by atoms with Gasteiger partial charge in [0.2, 0.25) is 12.5 Å². The monoisotopic (exact) mass is 735 g/mol. The van der Waals surface area contributed by atoms with Crippen molar-refractivity contribution in [1.29, 1.82) is 0 Å². The summed E-state index contributed by atoms with van der Waals surface area (Å²) in [5.41, 5.74) is 1.18. The third-order valence-electron chi connectivity index (χ3n) is 6.83. The van der Waals surface area contributed by atoms with E-state index in [1.165, 1.54) is 32.2 Å². The molecule has 11 nitrogen and oxygen atoms in total. The summed E-state index contributed by atoms with van der Waals surface area (Å²) in [4.78, 5) is 31.8. The summed E-state index contributed by atoms with van der Waals surface area (Å²) < 4.78 is 35.4. The molecule has 13 heteroatoms. The van der Waals surface area contributed by atoms with Crippen molar-refractivity contribution in [2.24, 2.45) is 5.10 Å². The molecule has 0 unspecified atom stereocenters.